The predicted octanol–water partition coefficient (Wildman–Crippen LogP) is 6.44. The number of hydrogen-bond donors (Lipinski definition) is 1. The van der Waals surface area contributed by atoms with Crippen LogP contribution in [-0.4, -0.2) is 18.2 Å². The van der Waals surface area contributed by atoms with Crippen LogP contribution in [0.3, 0.4) is 0 Å². The maximum Gasteiger partial charge on any atom is 0.290 e. The van der Waals surface area contributed by atoms with Crippen molar-refractivity contribution < 1.29 is 9.59 Å². The number of hydrogen-bond acceptors (Lipinski definition) is 4. The van der Waals surface area contributed by atoms with Crippen molar-refractivity contribution in [2.24, 2.45) is 0 Å². The van der Waals surface area contributed by atoms with Crippen molar-refractivity contribution >= 4 is 40.4 Å². The van der Waals surface area contributed by atoms with Crippen LogP contribution in [0.25, 0.3) is 6.08 Å². The van der Waals surface area contributed by atoms with Crippen molar-refractivity contribution in [2.45, 2.75) is 58.3 Å². The van der Waals surface area contributed by atoms with E-state index in [-0.39, 0.29) is 22.0 Å². The van der Waals surface area contributed by atoms with E-state index in [1.807, 2.05) is 12.1 Å². The number of benzene rings is 2. The summed E-state index contributed by atoms with van der Waals surface area (Å²) >= 11 is 0.944. The largest absolute Gasteiger partial charge is 0.344 e. The van der Waals surface area contributed by atoms with Crippen LogP contribution < -0.4 is 10.2 Å². The first kappa shape index (κ1) is 21.7. The molecule has 1 N–H and O–H groups in total. The molecule has 2 aliphatic rings. The highest BCUT2D eigenvalue weighted by atomic mass is 32.2. The Balaban J connectivity index is 1.73. The molecule has 1 aliphatic heterocycles. The Bertz CT molecular complexity index is 1110. The topological polar surface area (TPSA) is 49.4 Å². The SMILES string of the molecule is Cc1cc2c(cc1N(C)c1cccc(/C=C3\SC(=O)NC3=O)c1)C(C)(C)CCC2(C)C. The van der Waals surface area contributed by atoms with Crippen LogP contribution >= 0.6 is 11.8 Å². The molecular weight excluding hydrogens is 404 g/mol. The van der Waals surface area contributed by atoms with Gasteiger partial charge in [0, 0.05) is 18.4 Å². The molecule has 5 heteroatoms. The van der Waals surface area contributed by atoms with Gasteiger partial charge in [0.15, 0.2) is 0 Å². The number of carbonyl (C=O) groups excluding carboxylic acids is 2. The fourth-order valence-corrected chi connectivity index (χ4v) is 5.29. The van der Waals surface area contributed by atoms with Gasteiger partial charge in [-0.25, -0.2) is 0 Å². The normalized spacial score (nSPS) is 20.5. The molecule has 31 heavy (non-hydrogen) atoms. The molecule has 0 radical (unpaired) electrons. The zero-order valence-electron chi connectivity index (χ0n) is 19.1. The minimum Gasteiger partial charge on any atom is -0.344 e. The predicted molar refractivity (Wildman–Crippen MR) is 130 cm³/mol. The lowest BCUT2D eigenvalue weighted by atomic mass is 9.63. The standard InChI is InChI=1S/C26H30N2O2S/c1-16-12-19-20(26(4,5)11-10-25(19,2)3)15-21(16)28(6)18-9-7-8-17(13-18)14-22-23(29)27-24(30)31-22/h7-9,12-15H,10-11H2,1-6H3,(H,27,29,30)/b22-14-. The molecule has 1 fully saturated rings. The molecule has 0 saturated carbocycles. The molecule has 0 unspecified atom stereocenters. The summed E-state index contributed by atoms with van der Waals surface area (Å²) in [6.45, 7) is 11.6. The second-order valence-electron chi connectivity index (χ2n) is 9.96. The number of imide groups is 1. The second kappa shape index (κ2) is 7.56. The quantitative estimate of drug-likeness (QED) is 0.565. The molecule has 4 rings (SSSR count). The van der Waals surface area contributed by atoms with Gasteiger partial charge in [-0.1, -0.05) is 45.9 Å². The van der Waals surface area contributed by atoms with Crippen LogP contribution in [0.15, 0.2) is 41.3 Å². The Morgan fingerprint density at radius 3 is 2.26 bits per heavy atom. The number of fused-ring (bicyclic) bond motifs is 1. The van der Waals surface area contributed by atoms with Gasteiger partial charge in [0.25, 0.3) is 11.1 Å². The zero-order valence-corrected chi connectivity index (χ0v) is 19.9. The minimum absolute atomic E-state index is 0.153. The summed E-state index contributed by atoms with van der Waals surface area (Å²) in [4.78, 5) is 26.0. The van der Waals surface area contributed by atoms with Crippen LogP contribution in [0.4, 0.5) is 16.2 Å². The molecule has 0 bridgehead atoms. The number of nitrogens with zero attached hydrogens (tertiary/aromatic N) is 1. The van der Waals surface area contributed by atoms with Crippen molar-refractivity contribution in [1.82, 2.24) is 5.32 Å². The summed E-state index contributed by atoms with van der Waals surface area (Å²) in [6.07, 6.45) is 4.15. The number of nitrogens with one attached hydrogen (secondary N) is 1. The van der Waals surface area contributed by atoms with Crippen molar-refractivity contribution in [3.63, 3.8) is 0 Å². The van der Waals surface area contributed by atoms with Gasteiger partial charge < -0.3 is 4.90 Å². The van der Waals surface area contributed by atoms with Crippen LogP contribution in [0.1, 0.15) is 62.8 Å². The molecule has 2 aromatic rings. The fraction of sp³-hybridized carbons (Fsp3) is 0.385. The molecule has 0 atom stereocenters. The van der Waals surface area contributed by atoms with E-state index in [1.54, 1.807) is 6.08 Å². The molecule has 0 aromatic heterocycles. The maximum atomic E-state index is 11.9. The van der Waals surface area contributed by atoms with Gasteiger partial charge in [-0.15, -0.1) is 0 Å². The van der Waals surface area contributed by atoms with Crippen molar-refractivity contribution in [3.8, 4) is 0 Å². The minimum atomic E-state index is -0.330. The van der Waals surface area contributed by atoms with E-state index in [0.717, 1.165) is 23.0 Å². The van der Waals surface area contributed by atoms with Crippen LogP contribution in [0.5, 0.6) is 0 Å². The summed E-state index contributed by atoms with van der Waals surface area (Å²) in [5, 5.41) is 1.99. The van der Waals surface area contributed by atoms with Gasteiger partial charge >= 0.3 is 0 Å². The highest BCUT2D eigenvalue weighted by molar-refractivity contribution is 8.18. The lowest BCUT2D eigenvalue weighted by Gasteiger charge is -2.43. The van der Waals surface area contributed by atoms with Crippen molar-refractivity contribution in [3.05, 3.63) is 63.6 Å². The molecule has 1 aliphatic carbocycles. The zero-order chi connectivity index (χ0) is 22.6. The summed E-state index contributed by atoms with van der Waals surface area (Å²) in [5.74, 6) is -0.330. The summed E-state index contributed by atoms with van der Waals surface area (Å²) in [5.41, 5.74) is 7.63. The number of thioether (sulfide) groups is 1. The van der Waals surface area contributed by atoms with Gasteiger partial charge in [0.1, 0.15) is 0 Å². The molecular formula is C26H30N2O2S. The third-order valence-corrected chi connectivity index (χ3v) is 7.54. The second-order valence-corrected chi connectivity index (χ2v) is 11.0. The molecule has 0 spiro atoms. The molecule has 2 aromatic carbocycles. The van der Waals surface area contributed by atoms with Crippen molar-refractivity contribution in [2.75, 3.05) is 11.9 Å². The number of carbonyl (C=O) groups is 2. The van der Waals surface area contributed by atoms with E-state index in [0.29, 0.717) is 4.91 Å². The molecule has 4 nitrogen and oxygen atoms in total. The molecule has 1 heterocycles. The highest BCUT2D eigenvalue weighted by Crippen LogP contribution is 2.48. The van der Waals surface area contributed by atoms with E-state index in [4.69, 9.17) is 0 Å². The van der Waals surface area contributed by atoms with Crippen LogP contribution in [0.2, 0.25) is 0 Å². The first-order valence-corrected chi connectivity index (χ1v) is 11.5. The van der Waals surface area contributed by atoms with Gasteiger partial charge in [0.05, 0.1) is 4.91 Å². The van der Waals surface area contributed by atoms with E-state index in [9.17, 15) is 9.59 Å². The Morgan fingerprint density at radius 2 is 1.65 bits per heavy atom. The molecule has 1 saturated heterocycles. The first-order chi connectivity index (χ1) is 14.5. The summed E-state index contributed by atoms with van der Waals surface area (Å²) in [7, 11) is 2.09. The van der Waals surface area contributed by atoms with Crippen LogP contribution in [-0.2, 0) is 15.6 Å². The summed E-state index contributed by atoms with van der Waals surface area (Å²) < 4.78 is 0. The Labute approximate surface area is 189 Å². The lowest BCUT2D eigenvalue weighted by Crippen LogP contribution is -2.34. The van der Waals surface area contributed by atoms with Gasteiger partial charge in [-0.3, -0.25) is 14.9 Å². The first-order valence-electron chi connectivity index (χ1n) is 10.7. The Hall–Kier alpha value is -2.53. The number of amides is 2. The third-order valence-electron chi connectivity index (χ3n) is 6.73. The van der Waals surface area contributed by atoms with E-state index in [2.05, 4.69) is 76.1 Å². The third kappa shape index (κ3) is 4.03. The number of rotatable bonds is 3. The van der Waals surface area contributed by atoms with E-state index >= 15 is 0 Å². The van der Waals surface area contributed by atoms with E-state index in [1.165, 1.54) is 35.2 Å². The summed E-state index contributed by atoms with van der Waals surface area (Å²) in [6, 6.07) is 12.8. The van der Waals surface area contributed by atoms with E-state index < -0.39 is 0 Å². The van der Waals surface area contributed by atoms with Gasteiger partial charge in [0.2, 0.25) is 0 Å². The van der Waals surface area contributed by atoms with Crippen molar-refractivity contribution in [1.29, 1.82) is 0 Å². The smallest absolute Gasteiger partial charge is 0.290 e. The number of anilines is 2. The van der Waals surface area contributed by atoms with Crippen LogP contribution in [0, 0.1) is 6.92 Å². The van der Waals surface area contributed by atoms with Gasteiger partial charge in [-0.05, 0) is 88.9 Å². The van der Waals surface area contributed by atoms with Gasteiger partial charge in [-0.2, -0.15) is 0 Å². The molecule has 162 valence electrons. The average molecular weight is 435 g/mol. The molecule has 2 amide bonds. The number of aryl methyl sites for hydroxylation is 1. The highest BCUT2D eigenvalue weighted by Gasteiger charge is 2.37. The Morgan fingerprint density at radius 1 is 1.00 bits per heavy atom. The lowest BCUT2D eigenvalue weighted by molar-refractivity contribution is -0.115. The Kier molecular flexibility index (Phi) is 5.29. The average Bonchev–Trinajstić information content (AvgIpc) is 3.02. The monoisotopic (exact) mass is 434 g/mol. The maximum absolute atomic E-state index is 11.9. The fourth-order valence-electron chi connectivity index (χ4n) is 4.61.